The van der Waals surface area contributed by atoms with Crippen molar-refractivity contribution >= 4 is 12.1 Å². The minimum atomic E-state index is -0.155. The predicted molar refractivity (Wildman–Crippen MR) is 71.9 cm³/mol. The lowest BCUT2D eigenvalue weighted by Gasteiger charge is -2.25. The summed E-state index contributed by atoms with van der Waals surface area (Å²) >= 11 is 0. The van der Waals surface area contributed by atoms with Crippen molar-refractivity contribution in [1.29, 1.82) is 0 Å². The molecule has 0 unspecified atom stereocenters. The average Bonchev–Trinajstić information content (AvgIpc) is 2.42. The molecule has 0 atom stereocenters. The molecule has 1 aliphatic heterocycles. The Morgan fingerprint density at radius 3 is 2.89 bits per heavy atom. The highest BCUT2D eigenvalue weighted by atomic mass is 16.5. The van der Waals surface area contributed by atoms with Gasteiger partial charge in [0.2, 0.25) is 0 Å². The molecule has 19 heavy (non-hydrogen) atoms. The fourth-order valence-corrected chi connectivity index (χ4v) is 1.97. The van der Waals surface area contributed by atoms with Gasteiger partial charge in [-0.2, -0.15) is 5.10 Å². The molecule has 0 spiro atoms. The van der Waals surface area contributed by atoms with Gasteiger partial charge in [-0.1, -0.05) is 6.08 Å². The second kappa shape index (κ2) is 7.06. The highest BCUT2D eigenvalue weighted by Crippen LogP contribution is 2.13. The molecule has 0 bridgehead atoms. The second-order valence-corrected chi connectivity index (χ2v) is 4.51. The number of nitrogens with zero attached hydrogens (tertiary/aromatic N) is 2. The van der Waals surface area contributed by atoms with E-state index in [0.717, 1.165) is 25.9 Å². The zero-order valence-electron chi connectivity index (χ0n) is 10.8. The van der Waals surface area contributed by atoms with Gasteiger partial charge in [-0.3, -0.25) is 9.69 Å². The number of ether oxygens (including phenoxy) is 1. The SMILES string of the molecule is O=C(CN1CCOCC1)N/N=C/C1=CCCC=C1O. The highest BCUT2D eigenvalue weighted by molar-refractivity contribution is 5.85. The maximum Gasteiger partial charge on any atom is 0.254 e. The Morgan fingerprint density at radius 2 is 2.16 bits per heavy atom. The van der Waals surface area contributed by atoms with Crippen LogP contribution in [0.5, 0.6) is 0 Å². The van der Waals surface area contributed by atoms with Crippen LogP contribution in [0, 0.1) is 0 Å². The third-order valence-electron chi connectivity index (χ3n) is 3.03. The van der Waals surface area contributed by atoms with E-state index in [1.807, 2.05) is 11.0 Å². The van der Waals surface area contributed by atoms with Crippen molar-refractivity contribution in [1.82, 2.24) is 10.3 Å². The maximum absolute atomic E-state index is 11.6. The van der Waals surface area contributed by atoms with Gasteiger partial charge in [0, 0.05) is 18.7 Å². The largest absolute Gasteiger partial charge is 0.508 e. The summed E-state index contributed by atoms with van der Waals surface area (Å²) in [5.74, 6) is 0.0652. The monoisotopic (exact) mass is 265 g/mol. The fourth-order valence-electron chi connectivity index (χ4n) is 1.97. The van der Waals surface area contributed by atoms with E-state index in [9.17, 15) is 9.90 Å². The summed E-state index contributed by atoms with van der Waals surface area (Å²) in [7, 11) is 0. The smallest absolute Gasteiger partial charge is 0.254 e. The molecule has 1 amide bonds. The first kappa shape index (κ1) is 13.8. The first-order valence-electron chi connectivity index (χ1n) is 6.47. The van der Waals surface area contributed by atoms with Crippen molar-refractivity contribution in [3.05, 3.63) is 23.5 Å². The van der Waals surface area contributed by atoms with Gasteiger partial charge in [0.15, 0.2) is 0 Å². The van der Waals surface area contributed by atoms with E-state index in [1.54, 1.807) is 6.08 Å². The Balaban J connectivity index is 1.73. The number of nitrogens with one attached hydrogen (secondary N) is 1. The van der Waals surface area contributed by atoms with E-state index in [0.29, 0.717) is 25.3 Å². The summed E-state index contributed by atoms with van der Waals surface area (Å²) < 4.78 is 5.21. The minimum Gasteiger partial charge on any atom is -0.508 e. The van der Waals surface area contributed by atoms with Gasteiger partial charge in [-0.25, -0.2) is 5.43 Å². The number of rotatable bonds is 4. The van der Waals surface area contributed by atoms with Crippen molar-refractivity contribution in [2.75, 3.05) is 32.8 Å². The molecule has 2 N–H and O–H groups in total. The van der Waals surface area contributed by atoms with Gasteiger partial charge in [-0.15, -0.1) is 0 Å². The third kappa shape index (κ3) is 4.50. The topological polar surface area (TPSA) is 74.2 Å². The van der Waals surface area contributed by atoms with Crippen molar-refractivity contribution in [2.45, 2.75) is 12.8 Å². The molecule has 0 aromatic heterocycles. The molecule has 1 saturated heterocycles. The number of amides is 1. The molecule has 1 heterocycles. The maximum atomic E-state index is 11.6. The molecule has 2 rings (SSSR count). The summed E-state index contributed by atoms with van der Waals surface area (Å²) in [5.41, 5.74) is 3.12. The van der Waals surface area contributed by atoms with E-state index in [2.05, 4.69) is 10.5 Å². The third-order valence-corrected chi connectivity index (χ3v) is 3.03. The molecule has 6 nitrogen and oxygen atoms in total. The van der Waals surface area contributed by atoms with Gasteiger partial charge in [-0.05, 0) is 18.9 Å². The van der Waals surface area contributed by atoms with Crippen LogP contribution in [-0.4, -0.2) is 55.0 Å². The number of morpholine rings is 1. The van der Waals surface area contributed by atoms with Crippen LogP contribution in [0.2, 0.25) is 0 Å². The van der Waals surface area contributed by atoms with Crippen LogP contribution >= 0.6 is 0 Å². The van der Waals surface area contributed by atoms with Crippen molar-refractivity contribution in [3.63, 3.8) is 0 Å². The van der Waals surface area contributed by atoms with Crippen LogP contribution in [0.1, 0.15) is 12.8 Å². The fraction of sp³-hybridized carbons (Fsp3) is 0.538. The van der Waals surface area contributed by atoms with Crippen LogP contribution < -0.4 is 5.43 Å². The Hall–Kier alpha value is -1.66. The molecule has 0 aromatic carbocycles. The van der Waals surface area contributed by atoms with E-state index < -0.39 is 0 Å². The van der Waals surface area contributed by atoms with Crippen molar-refractivity contribution in [3.8, 4) is 0 Å². The number of carbonyl (C=O) groups is 1. The van der Waals surface area contributed by atoms with Crippen molar-refractivity contribution < 1.29 is 14.6 Å². The standard InChI is InChI=1S/C13H19N3O3/c17-12-4-2-1-3-11(12)9-14-15-13(18)10-16-5-7-19-8-6-16/h3-4,9,17H,1-2,5-8,10H2,(H,15,18)/b14-9+. The zero-order chi connectivity index (χ0) is 13.5. The van der Waals surface area contributed by atoms with Crippen LogP contribution in [0.25, 0.3) is 0 Å². The lowest BCUT2D eigenvalue weighted by atomic mass is 10.1. The summed E-state index contributed by atoms with van der Waals surface area (Å²) in [4.78, 5) is 13.6. The molecule has 1 fully saturated rings. The van der Waals surface area contributed by atoms with E-state index in [4.69, 9.17) is 4.74 Å². The van der Waals surface area contributed by atoms with Gasteiger partial charge < -0.3 is 9.84 Å². The molecule has 104 valence electrons. The van der Waals surface area contributed by atoms with E-state index in [-0.39, 0.29) is 11.7 Å². The first-order chi connectivity index (χ1) is 9.25. The molecular weight excluding hydrogens is 246 g/mol. The zero-order valence-corrected chi connectivity index (χ0v) is 10.8. The first-order valence-corrected chi connectivity index (χ1v) is 6.47. The lowest BCUT2D eigenvalue weighted by molar-refractivity contribution is -0.123. The van der Waals surface area contributed by atoms with Crippen molar-refractivity contribution in [2.24, 2.45) is 5.10 Å². The molecule has 2 aliphatic rings. The summed E-state index contributed by atoms with van der Waals surface area (Å²) in [6, 6.07) is 0. The molecular formula is C13H19N3O3. The normalized spacial score (nSPS) is 21.1. The van der Waals surface area contributed by atoms with Crippen LogP contribution in [0.15, 0.2) is 28.6 Å². The number of hydrogen-bond donors (Lipinski definition) is 2. The average molecular weight is 265 g/mol. The summed E-state index contributed by atoms with van der Waals surface area (Å²) in [6.07, 6.45) is 6.84. The second-order valence-electron chi connectivity index (χ2n) is 4.51. The number of hydrogen-bond acceptors (Lipinski definition) is 5. The molecule has 0 saturated carbocycles. The van der Waals surface area contributed by atoms with Gasteiger partial charge in [0.1, 0.15) is 5.76 Å². The minimum absolute atomic E-state index is 0.155. The quantitative estimate of drug-likeness (QED) is 0.576. The van der Waals surface area contributed by atoms with Gasteiger partial charge in [0.05, 0.1) is 26.0 Å². The van der Waals surface area contributed by atoms with Crippen LogP contribution in [0.4, 0.5) is 0 Å². The summed E-state index contributed by atoms with van der Waals surface area (Å²) in [5, 5.41) is 13.4. The molecule has 0 aromatic rings. The lowest BCUT2D eigenvalue weighted by Crippen LogP contribution is -2.42. The molecule has 6 heteroatoms. The van der Waals surface area contributed by atoms with Crippen LogP contribution in [0.3, 0.4) is 0 Å². The number of allylic oxidation sites excluding steroid dienone is 3. The number of aliphatic hydroxyl groups is 1. The number of carbonyl (C=O) groups excluding carboxylic acids is 1. The molecule has 1 aliphatic carbocycles. The van der Waals surface area contributed by atoms with E-state index >= 15 is 0 Å². The molecule has 0 radical (unpaired) electrons. The predicted octanol–water partition coefficient (Wildman–Crippen LogP) is 0.583. The van der Waals surface area contributed by atoms with Gasteiger partial charge in [0.25, 0.3) is 5.91 Å². The Kier molecular flexibility index (Phi) is 5.11. The number of aliphatic hydroxyl groups excluding tert-OH is 1. The Morgan fingerprint density at radius 1 is 1.42 bits per heavy atom. The van der Waals surface area contributed by atoms with Gasteiger partial charge >= 0.3 is 0 Å². The van der Waals surface area contributed by atoms with E-state index in [1.165, 1.54) is 6.21 Å². The van der Waals surface area contributed by atoms with Crippen LogP contribution in [-0.2, 0) is 9.53 Å². The summed E-state index contributed by atoms with van der Waals surface area (Å²) in [6.45, 7) is 3.20. The highest BCUT2D eigenvalue weighted by Gasteiger charge is 2.13. The Labute approximate surface area is 112 Å². The Bertz CT molecular complexity index is 409. The number of hydrazone groups is 1.